The van der Waals surface area contributed by atoms with Crippen LogP contribution in [0.4, 0.5) is 0 Å². The number of aromatic amines is 1. The van der Waals surface area contributed by atoms with E-state index in [0.717, 1.165) is 22.0 Å². The second-order valence-corrected chi connectivity index (χ2v) is 9.98. The molecule has 0 saturated carbocycles. The zero-order valence-corrected chi connectivity index (χ0v) is 19.2. The van der Waals surface area contributed by atoms with Gasteiger partial charge in [-0.3, -0.25) is 4.79 Å². The second kappa shape index (κ2) is 9.28. The van der Waals surface area contributed by atoms with E-state index in [-0.39, 0.29) is 28.6 Å². The van der Waals surface area contributed by atoms with Gasteiger partial charge in [-0.05, 0) is 48.1 Å². The maximum atomic E-state index is 13.5. The van der Waals surface area contributed by atoms with Gasteiger partial charge in [0.1, 0.15) is 4.90 Å². The quantitative estimate of drug-likeness (QED) is 0.420. The van der Waals surface area contributed by atoms with Crippen LogP contribution < -0.4 is 5.56 Å². The molecule has 3 aromatic carbocycles. The van der Waals surface area contributed by atoms with Gasteiger partial charge in [-0.2, -0.15) is 4.31 Å². The lowest BCUT2D eigenvalue weighted by Crippen LogP contribution is -2.34. The summed E-state index contributed by atoms with van der Waals surface area (Å²) in [5.74, 6) is 0. The lowest BCUT2D eigenvalue weighted by Gasteiger charge is -2.23. The first-order valence-electron chi connectivity index (χ1n) is 10.3. The molecule has 1 heterocycles. The highest BCUT2D eigenvalue weighted by Gasteiger charge is 2.27. The van der Waals surface area contributed by atoms with E-state index in [1.165, 1.54) is 10.4 Å². The topological polar surface area (TPSA) is 70.2 Å². The highest BCUT2D eigenvalue weighted by molar-refractivity contribution is 7.89. The molecule has 0 aliphatic carbocycles. The van der Waals surface area contributed by atoms with E-state index in [1.54, 1.807) is 24.3 Å². The first-order chi connectivity index (χ1) is 15.4. The number of hydrogen-bond donors (Lipinski definition) is 1. The zero-order valence-electron chi connectivity index (χ0n) is 17.6. The first-order valence-corrected chi connectivity index (χ1v) is 12.1. The summed E-state index contributed by atoms with van der Waals surface area (Å²) >= 11 is 6.23. The summed E-state index contributed by atoms with van der Waals surface area (Å²) in [7, 11) is -3.93. The molecule has 0 fully saturated rings. The molecule has 0 spiro atoms. The van der Waals surface area contributed by atoms with Gasteiger partial charge in [0.25, 0.3) is 5.56 Å². The van der Waals surface area contributed by atoms with Crippen molar-refractivity contribution in [3.8, 4) is 0 Å². The van der Waals surface area contributed by atoms with Crippen LogP contribution in [0.3, 0.4) is 0 Å². The van der Waals surface area contributed by atoms with Crippen molar-refractivity contribution in [3.05, 3.63) is 111 Å². The van der Waals surface area contributed by atoms with Crippen molar-refractivity contribution in [2.45, 2.75) is 24.8 Å². The molecule has 0 radical (unpaired) electrons. The molecule has 32 heavy (non-hydrogen) atoms. The number of aryl methyl sites for hydroxylation is 1. The average Bonchev–Trinajstić information content (AvgIpc) is 2.78. The van der Waals surface area contributed by atoms with Crippen molar-refractivity contribution in [1.82, 2.24) is 9.29 Å². The highest BCUT2D eigenvalue weighted by Crippen LogP contribution is 2.26. The van der Waals surface area contributed by atoms with E-state index >= 15 is 0 Å². The van der Waals surface area contributed by atoms with Crippen LogP contribution in [0.25, 0.3) is 10.9 Å². The number of hydrogen-bond acceptors (Lipinski definition) is 3. The third-order valence-electron chi connectivity index (χ3n) is 5.46. The third kappa shape index (κ3) is 4.63. The fourth-order valence-electron chi connectivity index (χ4n) is 3.71. The summed E-state index contributed by atoms with van der Waals surface area (Å²) in [6.45, 7) is 2.08. The summed E-state index contributed by atoms with van der Waals surface area (Å²) in [5, 5.41) is 1.01. The SMILES string of the molecule is Cc1cccc2cc(CN(CCc3ccccc3)S(=O)(=O)c3ccccc3Cl)c(=O)[nH]c12. The van der Waals surface area contributed by atoms with Crippen molar-refractivity contribution in [1.29, 1.82) is 0 Å². The van der Waals surface area contributed by atoms with Crippen molar-refractivity contribution in [3.63, 3.8) is 0 Å². The predicted octanol–water partition coefficient (Wildman–Crippen LogP) is 4.92. The number of benzene rings is 3. The lowest BCUT2D eigenvalue weighted by atomic mass is 10.1. The average molecular weight is 467 g/mol. The van der Waals surface area contributed by atoms with E-state index < -0.39 is 10.0 Å². The summed E-state index contributed by atoms with van der Waals surface area (Å²) in [6, 6.07) is 23.5. The van der Waals surface area contributed by atoms with Gasteiger partial charge < -0.3 is 4.98 Å². The number of H-pyrrole nitrogens is 1. The maximum Gasteiger partial charge on any atom is 0.252 e. The molecule has 0 atom stereocenters. The summed E-state index contributed by atoms with van der Waals surface area (Å²) in [5.41, 5.74) is 2.80. The Morgan fingerprint density at radius 3 is 2.41 bits per heavy atom. The summed E-state index contributed by atoms with van der Waals surface area (Å²) < 4.78 is 28.4. The van der Waals surface area contributed by atoms with Crippen molar-refractivity contribution >= 4 is 32.5 Å². The molecule has 4 aromatic rings. The number of fused-ring (bicyclic) bond motifs is 1. The summed E-state index contributed by atoms with van der Waals surface area (Å²) in [4.78, 5) is 15.8. The monoisotopic (exact) mass is 466 g/mol. The Kier molecular flexibility index (Phi) is 6.46. The Bertz CT molecular complexity index is 1420. The van der Waals surface area contributed by atoms with Crippen LogP contribution in [0.15, 0.2) is 88.6 Å². The van der Waals surface area contributed by atoms with Crippen LogP contribution in [0.1, 0.15) is 16.7 Å². The van der Waals surface area contributed by atoms with Crippen LogP contribution in [-0.2, 0) is 23.0 Å². The minimum atomic E-state index is -3.93. The number of nitrogens with zero attached hydrogens (tertiary/aromatic N) is 1. The number of sulfonamides is 1. The van der Waals surface area contributed by atoms with Crippen LogP contribution in [-0.4, -0.2) is 24.3 Å². The van der Waals surface area contributed by atoms with Crippen LogP contribution in [0.2, 0.25) is 5.02 Å². The number of halogens is 1. The first kappa shape index (κ1) is 22.3. The molecule has 1 N–H and O–H groups in total. The Balaban J connectivity index is 1.74. The third-order valence-corrected chi connectivity index (χ3v) is 7.80. The number of pyridine rings is 1. The Morgan fingerprint density at radius 1 is 0.938 bits per heavy atom. The predicted molar refractivity (Wildman–Crippen MR) is 128 cm³/mol. The van der Waals surface area contributed by atoms with Gasteiger partial charge in [0.05, 0.1) is 10.5 Å². The van der Waals surface area contributed by atoms with Crippen LogP contribution in [0, 0.1) is 6.92 Å². The summed E-state index contributed by atoms with van der Waals surface area (Å²) in [6.07, 6.45) is 0.509. The number of nitrogens with one attached hydrogen (secondary N) is 1. The molecule has 0 aliphatic heterocycles. The van der Waals surface area contributed by atoms with E-state index in [2.05, 4.69) is 4.98 Å². The molecule has 164 valence electrons. The van der Waals surface area contributed by atoms with Gasteiger partial charge in [0.15, 0.2) is 0 Å². The van der Waals surface area contributed by atoms with Crippen LogP contribution >= 0.6 is 11.6 Å². The minimum absolute atomic E-state index is 0.0304. The van der Waals surface area contributed by atoms with Gasteiger partial charge in [0, 0.05) is 18.7 Å². The molecule has 0 bridgehead atoms. The van der Waals surface area contributed by atoms with Gasteiger partial charge in [-0.25, -0.2) is 8.42 Å². The zero-order chi connectivity index (χ0) is 22.7. The normalized spacial score (nSPS) is 11.8. The second-order valence-electron chi connectivity index (χ2n) is 7.67. The largest absolute Gasteiger partial charge is 0.321 e. The molecule has 0 unspecified atom stereocenters. The molecular formula is C25H23ClN2O3S. The van der Waals surface area contributed by atoms with Gasteiger partial charge in [-0.15, -0.1) is 0 Å². The molecule has 0 aliphatic rings. The van der Waals surface area contributed by atoms with E-state index in [1.807, 2.05) is 55.5 Å². The lowest BCUT2D eigenvalue weighted by molar-refractivity contribution is 0.408. The molecule has 0 amide bonds. The Hall–Kier alpha value is -2.93. The van der Waals surface area contributed by atoms with Gasteiger partial charge in [-0.1, -0.05) is 72.3 Å². The molecular weight excluding hydrogens is 444 g/mol. The molecule has 1 aromatic heterocycles. The Morgan fingerprint density at radius 2 is 1.66 bits per heavy atom. The van der Waals surface area contributed by atoms with Gasteiger partial charge >= 0.3 is 0 Å². The molecule has 4 rings (SSSR count). The van der Waals surface area contributed by atoms with Crippen molar-refractivity contribution < 1.29 is 8.42 Å². The fourth-order valence-corrected chi connectivity index (χ4v) is 5.62. The molecule has 7 heteroatoms. The fraction of sp³-hybridized carbons (Fsp3) is 0.160. The van der Waals surface area contributed by atoms with E-state index in [4.69, 9.17) is 11.6 Å². The maximum absolute atomic E-state index is 13.5. The van der Waals surface area contributed by atoms with E-state index in [0.29, 0.717) is 12.0 Å². The van der Waals surface area contributed by atoms with Crippen LogP contribution in [0.5, 0.6) is 0 Å². The molecule has 5 nitrogen and oxygen atoms in total. The highest BCUT2D eigenvalue weighted by atomic mass is 35.5. The Labute approximate surface area is 192 Å². The van der Waals surface area contributed by atoms with Crippen molar-refractivity contribution in [2.24, 2.45) is 0 Å². The van der Waals surface area contributed by atoms with Crippen molar-refractivity contribution in [2.75, 3.05) is 6.54 Å². The number of rotatable bonds is 7. The standard InChI is InChI=1S/C25H23ClN2O3S/c1-18-8-7-11-20-16-21(25(29)27-24(18)20)17-28(15-14-19-9-3-2-4-10-19)32(30,31)23-13-6-5-12-22(23)26/h2-13,16H,14-15,17H2,1H3,(H,27,29). The number of aromatic nitrogens is 1. The van der Waals surface area contributed by atoms with Gasteiger partial charge in [0.2, 0.25) is 10.0 Å². The number of para-hydroxylation sites is 1. The smallest absolute Gasteiger partial charge is 0.252 e. The minimum Gasteiger partial charge on any atom is -0.321 e. The molecule has 0 saturated heterocycles. The van der Waals surface area contributed by atoms with E-state index in [9.17, 15) is 13.2 Å².